The summed E-state index contributed by atoms with van der Waals surface area (Å²) < 4.78 is 0. The van der Waals surface area contributed by atoms with Crippen molar-refractivity contribution in [1.29, 1.82) is 0 Å². The van der Waals surface area contributed by atoms with Crippen molar-refractivity contribution in [3.8, 4) is 0 Å². The standard InChI is InChI=1S/C16H25N3O3/c1-11-6-2-3-7-12(11)17-13(20)10-19-14(21)16(18-15(19)22)8-4-5-9-16/h11-12H,2-10H2,1H3,(H,17,20)(H,18,22)/t11-,12+/m0/s1. The highest BCUT2D eigenvalue weighted by Crippen LogP contribution is 2.34. The highest BCUT2D eigenvalue weighted by Gasteiger charge is 2.52. The molecule has 3 aliphatic rings. The number of amides is 4. The molecule has 0 aromatic carbocycles. The molecule has 6 heteroatoms. The summed E-state index contributed by atoms with van der Waals surface area (Å²) in [4.78, 5) is 37.9. The van der Waals surface area contributed by atoms with E-state index in [4.69, 9.17) is 0 Å². The molecule has 1 aliphatic heterocycles. The van der Waals surface area contributed by atoms with Gasteiger partial charge in [-0.25, -0.2) is 4.79 Å². The number of nitrogens with one attached hydrogen (secondary N) is 2. The van der Waals surface area contributed by atoms with Crippen LogP contribution in [0.3, 0.4) is 0 Å². The number of carbonyl (C=O) groups excluding carboxylic acids is 3. The predicted octanol–water partition coefficient (Wildman–Crippen LogP) is 1.55. The van der Waals surface area contributed by atoms with Gasteiger partial charge in [0, 0.05) is 6.04 Å². The maximum atomic E-state index is 12.5. The van der Waals surface area contributed by atoms with Crippen LogP contribution in [0.25, 0.3) is 0 Å². The SMILES string of the molecule is C[C@H]1CCCC[C@H]1NC(=O)CN1C(=O)NC2(CCCC2)C1=O. The molecule has 0 aromatic heterocycles. The second-order valence-electron chi connectivity index (χ2n) is 7.05. The summed E-state index contributed by atoms with van der Waals surface area (Å²) in [6, 6.07) is -0.249. The maximum absolute atomic E-state index is 12.5. The van der Waals surface area contributed by atoms with Crippen molar-refractivity contribution >= 4 is 17.8 Å². The lowest BCUT2D eigenvalue weighted by molar-refractivity contribution is -0.135. The average Bonchev–Trinajstić information content (AvgIpc) is 3.03. The molecule has 3 rings (SSSR count). The Balaban J connectivity index is 1.59. The highest BCUT2D eigenvalue weighted by molar-refractivity contribution is 6.09. The van der Waals surface area contributed by atoms with Crippen molar-refractivity contribution in [3.05, 3.63) is 0 Å². The molecule has 6 nitrogen and oxygen atoms in total. The molecular weight excluding hydrogens is 282 g/mol. The van der Waals surface area contributed by atoms with Crippen LogP contribution < -0.4 is 10.6 Å². The van der Waals surface area contributed by atoms with E-state index in [1.54, 1.807) is 0 Å². The topological polar surface area (TPSA) is 78.5 Å². The molecule has 2 saturated carbocycles. The van der Waals surface area contributed by atoms with Crippen LogP contribution in [0.4, 0.5) is 4.79 Å². The van der Waals surface area contributed by atoms with Crippen LogP contribution in [0.15, 0.2) is 0 Å². The number of hydrogen-bond donors (Lipinski definition) is 2. The Labute approximate surface area is 131 Å². The van der Waals surface area contributed by atoms with Crippen LogP contribution in [0.5, 0.6) is 0 Å². The van der Waals surface area contributed by atoms with Crippen molar-refractivity contribution in [2.24, 2.45) is 5.92 Å². The Hall–Kier alpha value is -1.59. The number of imide groups is 1. The van der Waals surface area contributed by atoms with Crippen molar-refractivity contribution in [2.45, 2.75) is 69.9 Å². The molecule has 4 amide bonds. The van der Waals surface area contributed by atoms with Crippen molar-refractivity contribution < 1.29 is 14.4 Å². The summed E-state index contributed by atoms with van der Waals surface area (Å²) >= 11 is 0. The molecular formula is C16H25N3O3. The fourth-order valence-electron chi connectivity index (χ4n) is 4.06. The number of hydrogen-bond acceptors (Lipinski definition) is 3. The van der Waals surface area contributed by atoms with Gasteiger partial charge in [-0.15, -0.1) is 0 Å². The second kappa shape index (κ2) is 5.89. The van der Waals surface area contributed by atoms with Gasteiger partial charge in [0.05, 0.1) is 0 Å². The molecule has 1 heterocycles. The molecule has 2 atom stereocenters. The Morgan fingerprint density at radius 3 is 2.59 bits per heavy atom. The van der Waals surface area contributed by atoms with E-state index in [1.165, 1.54) is 6.42 Å². The third kappa shape index (κ3) is 2.71. The van der Waals surface area contributed by atoms with E-state index in [0.29, 0.717) is 18.8 Å². The second-order valence-corrected chi connectivity index (χ2v) is 7.05. The van der Waals surface area contributed by atoms with E-state index < -0.39 is 11.6 Å². The number of carbonyl (C=O) groups is 3. The van der Waals surface area contributed by atoms with Crippen molar-refractivity contribution in [3.63, 3.8) is 0 Å². The van der Waals surface area contributed by atoms with E-state index in [1.807, 2.05) is 0 Å². The minimum atomic E-state index is -0.727. The molecule has 0 unspecified atom stereocenters. The Morgan fingerprint density at radius 2 is 1.91 bits per heavy atom. The van der Waals surface area contributed by atoms with E-state index >= 15 is 0 Å². The summed E-state index contributed by atoms with van der Waals surface area (Å²) in [5, 5.41) is 5.81. The lowest BCUT2D eigenvalue weighted by Crippen LogP contribution is -2.48. The molecule has 2 aliphatic carbocycles. The zero-order valence-corrected chi connectivity index (χ0v) is 13.2. The van der Waals surface area contributed by atoms with Gasteiger partial charge < -0.3 is 10.6 Å². The van der Waals surface area contributed by atoms with E-state index in [0.717, 1.165) is 37.0 Å². The van der Waals surface area contributed by atoms with Crippen LogP contribution in [0.2, 0.25) is 0 Å². The molecule has 0 aromatic rings. The van der Waals surface area contributed by atoms with Crippen molar-refractivity contribution in [1.82, 2.24) is 15.5 Å². The zero-order valence-electron chi connectivity index (χ0n) is 13.2. The van der Waals surface area contributed by atoms with Crippen LogP contribution in [0.1, 0.15) is 58.3 Å². The molecule has 0 bridgehead atoms. The summed E-state index contributed by atoms with van der Waals surface area (Å²) in [5.74, 6) is 0.0149. The number of nitrogens with zero attached hydrogens (tertiary/aromatic N) is 1. The normalized spacial score (nSPS) is 30.7. The molecule has 2 N–H and O–H groups in total. The third-order valence-electron chi connectivity index (χ3n) is 5.46. The first-order valence-corrected chi connectivity index (χ1v) is 8.45. The van der Waals surface area contributed by atoms with E-state index in [-0.39, 0.29) is 24.4 Å². The minimum absolute atomic E-state index is 0.157. The quantitative estimate of drug-likeness (QED) is 0.776. The molecule has 1 saturated heterocycles. The largest absolute Gasteiger partial charge is 0.352 e. The average molecular weight is 307 g/mol. The first-order valence-electron chi connectivity index (χ1n) is 8.45. The lowest BCUT2D eigenvalue weighted by Gasteiger charge is -2.30. The van der Waals surface area contributed by atoms with Gasteiger partial charge in [-0.3, -0.25) is 14.5 Å². The molecule has 122 valence electrons. The molecule has 3 fully saturated rings. The third-order valence-corrected chi connectivity index (χ3v) is 5.46. The van der Waals surface area contributed by atoms with Gasteiger partial charge >= 0.3 is 6.03 Å². The Morgan fingerprint density at radius 1 is 1.23 bits per heavy atom. The molecule has 0 radical (unpaired) electrons. The molecule has 1 spiro atoms. The number of urea groups is 1. The van der Waals surface area contributed by atoms with Crippen LogP contribution in [-0.2, 0) is 9.59 Å². The first kappa shape index (κ1) is 15.3. The maximum Gasteiger partial charge on any atom is 0.325 e. The minimum Gasteiger partial charge on any atom is -0.352 e. The zero-order chi connectivity index (χ0) is 15.7. The van der Waals surface area contributed by atoms with E-state index in [2.05, 4.69) is 17.6 Å². The Bertz CT molecular complexity index is 485. The first-order chi connectivity index (χ1) is 10.5. The fraction of sp³-hybridized carbons (Fsp3) is 0.812. The van der Waals surface area contributed by atoms with Gasteiger partial charge in [0.2, 0.25) is 5.91 Å². The molecule has 22 heavy (non-hydrogen) atoms. The van der Waals surface area contributed by atoms with Gasteiger partial charge in [-0.1, -0.05) is 32.6 Å². The van der Waals surface area contributed by atoms with Gasteiger partial charge in [-0.05, 0) is 31.6 Å². The smallest absolute Gasteiger partial charge is 0.325 e. The van der Waals surface area contributed by atoms with Crippen LogP contribution in [-0.4, -0.2) is 40.9 Å². The summed E-state index contributed by atoms with van der Waals surface area (Å²) in [7, 11) is 0. The Kier molecular flexibility index (Phi) is 4.10. The van der Waals surface area contributed by atoms with Gasteiger partial charge in [-0.2, -0.15) is 0 Å². The van der Waals surface area contributed by atoms with E-state index in [9.17, 15) is 14.4 Å². The number of rotatable bonds is 3. The predicted molar refractivity (Wildman–Crippen MR) is 81.0 cm³/mol. The van der Waals surface area contributed by atoms with Gasteiger partial charge in [0.25, 0.3) is 5.91 Å². The summed E-state index contributed by atoms with van der Waals surface area (Å²) in [5.41, 5.74) is -0.727. The van der Waals surface area contributed by atoms with Crippen LogP contribution in [0, 0.1) is 5.92 Å². The van der Waals surface area contributed by atoms with Crippen molar-refractivity contribution in [2.75, 3.05) is 6.54 Å². The van der Waals surface area contributed by atoms with Crippen LogP contribution >= 0.6 is 0 Å². The highest BCUT2D eigenvalue weighted by atomic mass is 16.2. The monoisotopic (exact) mass is 307 g/mol. The summed E-state index contributed by atoms with van der Waals surface area (Å²) in [6.07, 6.45) is 7.72. The lowest BCUT2D eigenvalue weighted by atomic mass is 9.86. The van der Waals surface area contributed by atoms with Gasteiger partial charge in [0.1, 0.15) is 12.1 Å². The fourth-order valence-corrected chi connectivity index (χ4v) is 4.06. The van der Waals surface area contributed by atoms with Gasteiger partial charge in [0.15, 0.2) is 0 Å². The summed E-state index contributed by atoms with van der Waals surface area (Å²) in [6.45, 7) is 1.99.